The van der Waals surface area contributed by atoms with Crippen LogP contribution in [0.3, 0.4) is 0 Å². The highest BCUT2D eigenvalue weighted by Crippen LogP contribution is 2.36. The molecule has 2 N–H and O–H groups in total. The van der Waals surface area contributed by atoms with E-state index in [1.165, 1.54) is 18.0 Å². The first kappa shape index (κ1) is 29.0. The molecule has 1 aliphatic rings. The van der Waals surface area contributed by atoms with Gasteiger partial charge in [-0.3, -0.25) is 9.59 Å². The van der Waals surface area contributed by atoms with E-state index in [2.05, 4.69) is 15.6 Å². The number of aromatic nitrogens is 1. The Morgan fingerprint density at radius 1 is 1.16 bits per heavy atom. The lowest BCUT2D eigenvalue weighted by Gasteiger charge is -2.38. The Hall–Kier alpha value is -3.56. The monoisotopic (exact) mass is 530 g/mol. The molecule has 38 heavy (non-hydrogen) atoms. The van der Waals surface area contributed by atoms with Gasteiger partial charge in [-0.15, -0.1) is 0 Å². The molecule has 0 saturated carbocycles. The largest absolute Gasteiger partial charge is 0.444 e. The first-order valence-electron chi connectivity index (χ1n) is 12.7. The van der Waals surface area contributed by atoms with Gasteiger partial charge in [0.1, 0.15) is 11.3 Å². The van der Waals surface area contributed by atoms with E-state index in [0.717, 1.165) is 5.56 Å². The van der Waals surface area contributed by atoms with Crippen molar-refractivity contribution in [2.45, 2.75) is 58.0 Å². The molecule has 0 aliphatic carbocycles. The maximum atomic E-state index is 14.6. The second-order valence-electron chi connectivity index (χ2n) is 10.6. The van der Waals surface area contributed by atoms with Crippen molar-refractivity contribution in [2.24, 2.45) is 5.92 Å². The molecule has 2 aromatic rings. The van der Waals surface area contributed by atoms with Gasteiger partial charge in [0.05, 0.1) is 0 Å². The topological polar surface area (TPSA) is 101 Å². The molecule has 0 bridgehead atoms. The van der Waals surface area contributed by atoms with Crippen LogP contribution in [-0.2, 0) is 4.74 Å². The zero-order chi connectivity index (χ0) is 28.1. The van der Waals surface area contributed by atoms with E-state index in [-0.39, 0.29) is 43.2 Å². The average Bonchev–Trinajstić information content (AvgIpc) is 2.87. The summed E-state index contributed by atoms with van der Waals surface area (Å²) in [6, 6.07) is 12.5. The third kappa shape index (κ3) is 7.49. The van der Waals surface area contributed by atoms with Crippen LogP contribution in [0.5, 0.6) is 0 Å². The number of pyridine rings is 1. The summed E-state index contributed by atoms with van der Waals surface area (Å²) in [4.78, 5) is 43.5. The lowest BCUT2D eigenvalue weighted by Crippen LogP contribution is -2.51. The Morgan fingerprint density at radius 2 is 1.84 bits per heavy atom. The van der Waals surface area contributed by atoms with Crippen LogP contribution in [0.15, 0.2) is 42.5 Å². The van der Waals surface area contributed by atoms with E-state index in [4.69, 9.17) is 4.74 Å². The summed E-state index contributed by atoms with van der Waals surface area (Å²) >= 11 is 0. The molecule has 0 spiro atoms. The van der Waals surface area contributed by atoms with Crippen molar-refractivity contribution in [3.05, 3.63) is 65.0 Å². The van der Waals surface area contributed by atoms with Gasteiger partial charge >= 0.3 is 6.09 Å². The molecule has 2 heterocycles. The fourth-order valence-electron chi connectivity index (χ4n) is 4.30. The molecular weight excluding hydrogens is 494 g/mol. The number of nitrogens with zero attached hydrogens (tertiary/aromatic N) is 2. The smallest absolute Gasteiger partial charge is 0.410 e. The van der Waals surface area contributed by atoms with E-state index >= 15 is 0 Å². The van der Waals surface area contributed by atoms with Gasteiger partial charge in [-0.05, 0) is 44.9 Å². The summed E-state index contributed by atoms with van der Waals surface area (Å²) in [5.41, 5.74) is 1.07. The van der Waals surface area contributed by atoms with Crippen molar-refractivity contribution >= 4 is 17.9 Å². The van der Waals surface area contributed by atoms with Crippen LogP contribution in [0, 0.1) is 5.92 Å². The number of amides is 3. The number of hydrogen-bond donors (Lipinski definition) is 2. The number of ether oxygens (including phenoxy) is 1. The van der Waals surface area contributed by atoms with E-state index < -0.39 is 41.8 Å². The normalized spacial score (nSPS) is 17.9. The molecule has 1 fully saturated rings. The molecule has 206 valence electrons. The predicted molar refractivity (Wildman–Crippen MR) is 139 cm³/mol. The van der Waals surface area contributed by atoms with Crippen LogP contribution < -0.4 is 10.6 Å². The molecule has 1 aromatic heterocycles. The van der Waals surface area contributed by atoms with Crippen molar-refractivity contribution in [3.63, 3.8) is 0 Å². The van der Waals surface area contributed by atoms with Crippen molar-refractivity contribution in [1.29, 1.82) is 0 Å². The van der Waals surface area contributed by atoms with Crippen LogP contribution in [0.25, 0.3) is 0 Å². The number of hydrogen-bond acceptors (Lipinski definition) is 5. The Bertz CT molecular complexity index is 1150. The van der Waals surface area contributed by atoms with Gasteiger partial charge in [-0.25, -0.2) is 18.6 Å². The molecule has 2 atom stereocenters. The molecular formula is C28H36F2N4O4. The number of likely N-dealkylation sites (tertiary alicyclic amines) is 1. The van der Waals surface area contributed by atoms with E-state index in [0.29, 0.717) is 5.69 Å². The third-order valence-electron chi connectivity index (χ3n) is 6.49. The first-order chi connectivity index (χ1) is 17.8. The Morgan fingerprint density at radius 3 is 2.47 bits per heavy atom. The van der Waals surface area contributed by atoms with Gasteiger partial charge in [0.25, 0.3) is 17.7 Å². The minimum Gasteiger partial charge on any atom is -0.444 e. The maximum Gasteiger partial charge on any atom is 0.410 e. The number of rotatable bonds is 7. The SMILES string of the molecule is CNC(=O)c1cc(C(=O)NCC[C@@H]2CN(C(=O)OC(C)(C)C)CCC2(F)F)cc(C(C)c2ccccc2)n1. The Labute approximate surface area is 222 Å². The molecule has 1 aromatic carbocycles. The van der Waals surface area contributed by atoms with Crippen LogP contribution in [0.4, 0.5) is 13.6 Å². The van der Waals surface area contributed by atoms with Gasteiger partial charge in [0.15, 0.2) is 0 Å². The number of nitrogens with one attached hydrogen (secondary N) is 2. The molecule has 3 amide bonds. The van der Waals surface area contributed by atoms with Gasteiger partial charge in [-0.1, -0.05) is 37.3 Å². The van der Waals surface area contributed by atoms with E-state index in [1.54, 1.807) is 26.8 Å². The van der Waals surface area contributed by atoms with Crippen molar-refractivity contribution in [3.8, 4) is 0 Å². The van der Waals surface area contributed by atoms with Gasteiger partial charge < -0.3 is 20.3 Å². The molecule has 8 nitrogen and oxygen atoms in total. The zero-order valence-corrected chi connectivity index (χ0v) is 22.5. The van der Waals surface area contributed by atoms with Crippen LogP contribution >= 0.6 is 0 Å². The number of alkyl halides is 2. The summed E-state index contributed by atoms with van der Waals surface area (Å²) in [7, 11) is 1.47. The lowest BCUT2D eigenvalue weighted by atomic mass is 9.90. The standard InChI is InChI=1S/C28H36F2N4O4/c1-18(19-9-7-6-8-10-19)22-15-20(16-23(33-22)25(36)31-5)24(35)32-13-11-21-17-34(14-12-28(21,29)30)26(37)38-27(2,3)4/h6-10,15-16,18,21H,11-14,17H2,1-5H3,(H,31,36)(H,32,35)/t18?,21-/m1/s1. The number of carbonyl (C=O) groups excluding carboxylic acids is 3. The molecule has 1 aliphatic heterocycles. The van der Waals surface area contributed by atoms with Gasteiger partial charge in [-0.2, -0.15) is 0 Å². The van der Waals surface area contributed by atoms with Gasteiger partial charge in [0.2, 0.25) is 0 Å². The fourth-order valence-corrected chi connectivity index (χ4v) is 4.30. The highest BCUT2D eigenvalue weighted by molar-refractivity contribution is 5.98. The van der Waals surface area contributed by atoms with Crippen molar-refractivity contribution in [1.82, 2.24) is 20.5 Å². The molecule has 1 unspecified atom stereocenters. The Kier molecular flexibility index (Phi) is 9.06. The average molecular weight is 531 g/mol. The minimum absolute atomic E-state index is 0.0253. The quantitative estimate of drug-likeness (QED) is 0.545. The minimum atomic E-state index is -2.97. The summed E-state index contributed by atoms with van der Waals surface area (Å²) in [6.07, 6.45) is -1.12. The lowest BCUT2D eigenvalue weighted by molar-refractivity contribution is -0.107. The number of halogens is 2. The summed E-state index contributed by atoms with van der Waals surface area (Å²) in [6.45, 7) is 6.81. The molecule has 0 radical (unpaired) electrons. The fraction of sp³-hybridized carbons (Fsp3) is 0.500. The van der Waals surface area contributed by atoms with Crippen molar-refractivity contribution in [2.75, 3.05) is 26.7 Å². The van der Waals surface area contributed by atoms with Crippen LogP contribution in [-0.4, -0.2) is 66.0 Å². The second kappa shape index (κ2) is 11.9. The highest BCUT2D eigenvalue weighted by Gasteiger charge is 2.45. The van der Waals surface area contributed by atoms with E-state index in [9.17, 15) is 23.2 Å². The van der Waals surface area contributed by atoms with Crippen LogP contribution in [0.1, 0.15) is 78.6 Å². The van der Waals surface area contributed by atoms with E-state index in [1.807, 2.05) is 37.3 Å². The maximum absolute atomic E-state index is 14.6. The van der Waals surface area contributed by atoms with Gasteiger partial charge in [0, 0.05) is 56.2 Å². The first-order valence-corrected chi connectivity index (χ1v) is 12.7. The highest BCUT2D eigenvalue weighted by atomic mass is 19.3. The molecule has 10 heteroatoms. The van der Waals surface area contributed by atoms with Crippen molar-refractivity contribution < 1.29 is 27.9 Å². The summed E-state index contributed by atoms with van der Waals surface area (Å²) in [5, 5.41) is 5.21. The molecule has 1 saturated heterocycles. The summed E-state index contributed by atoms with van der Waals surface area (Å²) in [5.74, 6) is -5.22. The third-order valence-corrected chi connectivity index (χ3v) is 6.49. The number of benzene rings is 1. The molecule has 3 rings (SSSR count). The van der Waals surface area contributed by atoms with Crippen LogP contribution in [0.2, 0.25) is 0 Å². The zero-order valence-electron chi connectivity index (χ0n) is 22.5. The number of carbonyl (C=O) groups is 3. The predicted octanol–water partition coefficient (Wildman–Crippen LogP) is 4.61. The summed E-state index contributed by atoms with van der Waals surface area (Å²) < 4.78 is 34.6. The number of piperidine rings is 1. The second-order valence-corrected chi connectivity index (χ2v) is 10.6. The Balaban J connectivity index is 1.70.